The zero-order valence-electron chi connectivity index (χ0n) is 14.9. The lowest BCUT2D eigenvalue weighted by Gasteiger charge is -2.21. The van der Waals surface area contributed by atoms with Crippen molar-refractivity contribution in [2.24, 2.45) is 0 Å². The molecule has 3 N–H and O–H groups in total. The summed E-state index contributed by atoms with van der Waals surface area (Å²) in [6.07, 6.45) is 0. The van der Waals surface area contributed by atoms with Crippen LogP contribution in [0.3, 0.4) is 0 Å². The monoisotopic (exact) mass is 478 g/mol. The minimum atomic E-state index is -0.680. The summed E-state index contributed by atoms with van der Waals surface area (Å²) in [5.74, 6) is -1.51. The number of amides is 1. The second kappa shape index (κ2) is 7.60. The largest absolute Gasteiger partial charge is 0.398 e. The molecule has 0 heterocycles. The highest BCUT2D eigenvalue weighted by Crippen LogP contribution is 2.39. The minimum absolute atomic E-state index is 0.0184. The molecule has 0 saturated carbocycles. The molecule has 4 rings (SSSR count). The second-order valence-corrected chi connectivity index (χ2v) is 8.00. The summed E-state index contributed by atoms with van der Waals surface area (Å²) < 4.78 is 0. The number of nitrogen functional groups attached to an aromatic ring is 1. The first-order valence-corrected chi connectivity index (χ1v) is 9.98. The number of ketones is 2. The van der Waals surface area contributed by atoms with Crippen LogP contribution in [-0.4, -0.2) is 17.5 Å². The Morgan fingerprint density at radius 1 is 0.800 bits per heavy atom. The molecule has 30 heavy (non-hydrogen) atoms. The fourth-order valence-corrected chi connectivity index (χ4v) is 4.19. The summed E-state index contributed by atoms with van der Waals surface area (Å²) in [6.45, 7) is 0. The number of fused-ring (bicyclic) bond motifs is 2. The average Bonchev–Trinajstić information content (AvgIpc) is 2.72. The Balaban J connectivity index is 1.81. The number of carbonyl (C=O) groups is 3. The summed E-state index contributed by atoms with van der Waals surface area (Å²) in [4.78, 5) is 38.9. The van der Waals surface area contributed by atoms with Crippen molar-refractivity contribution >= 4 is 75.3 Å². The molecule has 3 aromatic carbocycles. The fourth-order valence-electron chi connectivity index (χ4n) is 3.30. The van der Waals surface area contributed by atoms with Crippen LogP contribution in [0.2, 0.25) is 20.1 Å². The first-order chi connectivity index (χ1) is 14.2. The fraction of sp³-hybridized carbons (Fsp3) is 0. The Morgan fingerprint density at radius 2 is 1.43 bits per heavy atom. The molecule has 0 aliphatic heterocycles. The number of halogens is 4. The van der Waals surface area contributed by atoms with Gasteiger partial charge in [-0.1, -0.05) is 70.7 Å². The highest BCUT2D eigenvalue weighted by molar-refractivity contribution is 6.53. The molecule has 9 heteroatoms. The van der Waals surface area contributed by atoms with Crippen molar-refractivity contribution in [2.75, 3.05) is 11.1 Å². The first-order valence-electron chi connectivity index (χ1n) is 8.47. The number of anilines is 2. The normalized spacial score (nSPS) is 12.4. The van der Waals surface area contributed by atoms with E-state index in [1.54, 1.807) is 12.1 Å². The van der Waals surface area contributed by atoms with Gasteiger partial charge in [-0.05, 0) is 18.2 Å². The van der Waals surface area contributed by atoms with Gasteiger partial charge in [-0.3, -0.25) is 14.4 Å². The molecule has 0 aromatic heterocycles. The highest BCUT2D eigenvalue weighted by Gasteiger charge is 2.33. The Hall–Kier alpha value is -2.57. The zero-order chi connectivity index (χ0) is 21.7. The maximum Gasteiger partial charge on any atom is 0.257 e. The van der Waals surface area contributed by atoms with Crippen LogP contribution in [0.4, 0.5) is 11.4 Å². The summed E-state index contributed by atoms with van der Waals surface area (Å²) in [5, 5.41) is 2.50. The molecular weight excluding hydrogens is 470 g/mol. The Morgan fingerprint density at radius 3 is 2.13 bits per heavy atom. The molecule has 0 spiro atoms. The van der Waals surface area contributed by atoms with Gasteiger partial charge >= 0.3 is 0 Å². The van der Waals surface area contributed by atoms with E-state index in [-0.39, 0.29) is 65.1 Å². The molecule has 0 fully saturated rings. The smallest absolute Gasteiger partial charge is 0.257 e. The third-order valence-electron chi connectivity index (χ3n) is 4.70. The number of nitrogens with two attached hydrogens (primary N) is 1. The van der Waals surface area contributed by atoms with Crippen LogP contribution in [0.1, 0.15) is 42.2 Å². The minimum Gasteiger partial charge on any atom is -0.398 e. The number of benzene rings is 3. The average molecular weight is 480 g/mol. The lowest BCUT2D eigenvalue weighted by Crippen LogP contribution is -2.25. The van der Waals surface area contributed by atoms with E-state index in [0.29, 0.717) is 0 Å². The van der Waals surface area contributed by atoms with Crippen molar-refractivity contribution in [1.82, 2.24) is 0 Å². The summed E-state index contributed by atoms with van der Waals surface area (Å²) in [6, 6.07) is 10.5. The van der Waals surface area contributed by atoms with Crippen LogP contribution in [0.25, 0.3) is 0 Å². The van der Waals surface area contributed by atoms with Gasteiger partial charge in [0.05, 0.1) is 42.5 Å². The van der Waals surface area contributed by atoms with Crippen LogP contribution in [0.15, 0.2) is 42.5 Å². The lowest BCUT2D eigenvalue weighted by atomic mass is 9.82. The Labute approximate surface area is 190 Å². The van der Waals surface area contributed by atoms with Crippen molar-refractivity contribution in [1.29, 1.82) is 0 Å². The number of hydrogen-bond acceptors (Lipinski definition) is 4. The Kier molecular flexibility index (Phi) is 5.24. The van der Waals surface area contributed by atoms with Crippen LogP contribution in [0, 0.1) is 0 Å². The summed E-state index contributed by atoms with van der Waals surface area (Å²) in [7, 11) is 0. The molecule has 0 saturated heterocycles. The van der Waals surface area contributed by atoms with Gasteiger partial charge in [0.2, 0.25) is 0 Å². The lowest BCUT2D eigenvalue weighted by molar-refractivity contribution is 0.0979. The SMILES string of the molecule is Nc1cccc2c1C(=O)c1c(NC(=O)c3cc(Cl)c(Cl)c(Cl)c3Cl)cccc1C2=O. The molecule has 1 aliphatic carbocycles. The number of carbonyl (C=O) groups excluding carboxylic acids is 3. The van der Waals surface area contributed by atoms with E-state index in [4.69, 9.17) is 52.1 Å². The topological polar surface area (TPSA) is 89.3 Å². The predicted molar refractivity (Wildman–Crippen MR) is 119 cm³/mol. The third-order valence-corrected chi connectivity index (χ3v) is 6.45. The van der Waals surface area contributed by atoms with E-state index in [1.165, 1.54) is 30.3 Å². The summed E-state index contributed by atoms with van der Waals surface area (Å²) in [5.41, 5.74) is 6.74. The molecule has 0 unspecified atom stereocenters. The number of rotatable bonds is 2. The second-order valence-electron chi connectivity index (χ2n) is 6.46. The Bertz CT molecular complexity index is 1290. The molecule has 5 nitrogen and oxygen atoms in total. The highest BCUT2D eigenvalue weighted by atomic mass is 35.5. The molecule has 150 valence electrons. The van der Waals surface area contributed by atoms with Gasteiger partial charge in [0.25, 0.3) is 5.91 Å². The van der Waals surface area contributed by atoms with Crippen molar-refractivity contribution in [2.45, 2.75) is 0 Å². The molecular formula is C21H10Cl4N2O3. The number of hydrogen-bond donors (Lipinski definition) is 2. The standard InChI is InChI=1S/C21H10Cl4N2O3/c22-11-7-10(16(23)18(25)17(11)24)21(30)27-13-6-2-4-9-15(13)20(29)14-8(19(9)28)3-1-5-12(14)26/h1-7H,26H2,(H,27,30). The molecule has 1 amide bonds. The van der Waals surface area contributed by atoms with E-state index >= 15 is 0 Å². The quantitative estimate of drug-likeness (QED) is 0.212. The van der Waals surface area contributed by atoms with Gasteiger partial charge in [-0.25, -0.2) is 0 Å². The maximum atomic E-state index is 13.2. The molecule has 0 bridgehead atoms. The van der Waals surface area contributed by atoms with Crippen LogP contribution >= 0.6 is 46.4 Å². The van der Waals surface area contributed by atoms with Gasteiger partial charge in [0.1, 0.15) is 0 Å². The van der Waals surface area contributed by atoms with Gasteiger partial charge in [0, 0.05) is 16.8 Å². The van der Waals surface area contributed by atoms with Gasteiger partial charge < -0.3 is 11.1 Å². The molecule has 0 atom stereocenters. The van der Waals surface area contributed by atoms with Crippen molar-refractivity contribution in [3.05, 3.63) is 90.4 Å². The zero-order valence-corrected chi connectivity index (χ0v) is 17.9. The predicted octanol–water partition coefficient (Wildman–Crippen LogP) is 5.91. The van der Waals surface area contributed by atoms with E-state index in [9.17, 15) is 14.4 Å². The molecule has 1 aliphatic rings. The molecule has 3 aromatic rings. The summed E-state index contributed by atoms with van der Waals surface area (Å²) >= 11 is 24.1. The van der Waals surface area contributed by atoms with Gasteiger partial charge in [-0.2, -0.15) is 0 Å². The number of nitrogens with one attached hydrogen (secondary N) is 1. The van der Waals surface area contributed by atoms with Crippen LogP contribution in [0.5, 0.6) is 0 Å². The van der Waals surface area contributed by atoms with Crippen molar-refractivity contribution in [3.8, 4) is 0 Å². The van der Waals surface area contributed by atoms with Crippen molar-refractivity contribution < 1.29 is 14.4 Å². The van der Waals surface area contributed by atoms with E-state index < -0.39 is 11.7 Å². The van der Waals surface area contributed by atoms with Gasteiger partial charge in [0.15, 0.2) is 11.6 Å². The maximum absolute atomic E-state index is 13.2. The van der Waals surface area contributed by atoms with E-state index in [2.05, 4.69) is 5.32 Å². The van der Waals surface area contributed by atoms with E-state index in [0.717, 1.165) is 0 Å². The van der Waals surface area contributed by atoms with Crippen LogP contribution < -0.4 is 11.1 Å². The first kappa shape index (κ1) is 20.7. The van der Waals surface area contributed by atoms with Crippen LogP contribution in [-0.2, 0) is 0 Å². The molecule has 0 radical (unpaired) electrons. The van der Waals surface area contributed by atoms with Gasteiger partial charge in [-0.15, -0.1) is 0 Å². The van der Waals surface area contributed by atoms with Crippen molar-refractivity contribution in [3.63, 3.8) is 0 Å². The van der Waals surface area contributed by atoms with E-state index in [1.807, 2.05) is 0 Å². The third kappa shape index (κ3) is 3.15.